The molecule has 2 rings (SSSR count). The molecule has 1 N–H and O–H groups in total. The van der Waals surface area contributed by atoms with E-state index in [1.807, 2.05) is 12.1 Å². The molecule has 1 fully saturated rings. The highest BCUT2D eigenvalue weighted by atomic mass is 16.3. The maximum atomic E-state index is 9.56. The van der Waals surface area contributed by atoms with Crippen molar-refractivity contribution in [2.75, 3.05) is 11.4 Å². The van der Waals surface area contributed by atoms with Crippen molar-refractivity contribution in [2.24, 2.45) is 5.92 Å². The molecule has 0 bridgehead atoms. The van der Waals surface area contributed by atoms with Crippen molar-refractivity contribution < 1.29 is 5.11 Å². The van der Waals surface area contributed by atoms with Crippen LogP contribution in [0.15, 0.2) is 18.3 Å². The standard InChI is InChI=1S/C13H20N2O/c1-9-6-10(2)15(8-9)13-7-12(11(3)16)4-5-14-13/h4-5,7,9-11,16H,6,8H2,1-3H3/t9?,10?,11-/m0/s1. The van der Waals surface area contributed by atoms with Crippen molar-refractivity contribution in [3.05, 3.63) is 23.9 Å². The van der Waals surface area contributed by atoms with Gasteiger partial charge in [-0.3, -0.25) is 0 Å². The molecule has 0 spiro atoms. The number of rotatable bonds is 2. The maximum absolute atomic E-state index is 9.56. The smallest absolute Gasteiger partial charge is 0.129 e. The largest absolute Gasteiger partial charge is 0.389 e. The van der Waals surface area contributed by atoms with Gasteiger partial charge in [0.1, 0.15) is 5.82 Å². The fourth-order valence-corrected chi connectivity index (χ4v) is 2.47. The Morgan fingerprint density at radius 3 is 2.81 bits per heavy atom. The lowest BCUT2D eigenvalue weighted by Crippen LogP contribution is -2.27. The van der Waals surface area contributed by atoms with E-state index in [2.05, 4.69) is 23.7 Å². The van der Waals surface area contributed by atoms with Crippen LogP contribution in [-0.2, 0) is 0 Å². The maximum Gasteiger partial charge on any atom is 0.129 e. The van der Waals surface area contributed by atoms with Crippen molar-refractivity contribution in [3.8, 4) is 0 Å². The van der Waals surface area contributed by atoms with Crippen molar-refractivity contribution in [1.29, 1.82) is 0 Å². The zero-order chi connectivity index (χ0) is 11.7. The van der Waals surface area contributed by atoms with E-state index in [1.165, 1.54) is 6.42 Å². The number of aliphatic hydroxyl groups is 1. The van der Waals surface area contributed by atoms with E-state index in [-0.39, 0.29) is 0 Å². The number of nitrogens with zero attached hydrogens (tertiary/aromatic N) is 2. The molecular formula is C13H20N2O. The number of aromatic nitrogens is 1. The first kappa shape index (κ1) is 11.4. The minimum atomic E-state index is -0.419. The summed E-state index contributed by atoms with van der Waals surface area (Å²) < 4.78 is 0. The Bertz CT molecular complexity index is 365. The van der Waals surface area contributed by atoms with Gasteiger partial charge in [-0.1, -0.05) is 6.92 Å². The molecule has 1 saturated heterocycles. The van der Waals surface area contributed by atoms with Crippen molar-refractivity contribution in [2.45, 2.75) is 39.3 Å². The van der Waals surface area contributed by atoms with E-state index < -0.39 is 6.10 Å². The van der Waals surface area contributed by atoms with Gasteiger partial charge in [0, 0.05) is 18.8 Å². The molecule has 3 nitrogen and oxygen atoms in total. The number of hydrogen-bond acceptors (Lipinski definition) is 3. The second-order valence-electron chi connectivity index (χ2n) is 4.97. The Balaban J connectivity index is 2.23. The van der Waals surface area contributed by atoms with Crippen LogP contribution in [0.3, 0.4) is 0 Å². The Morgan fingerprint density at radius 2 is 2.25 bits per heavy atom. The first-order valence-corrected chi connectivity index (χ1v) is 5.98. The van der Waals surface area contributed by atoms with Crippen LogP contribution in [0.1, 0.15) is 38.9 Å². The topological polar surface area (TPSA) is 36.4 Å². The predicted molar refractivity (Wildman–Crippen MR) is 65.5 cm³/mol. The van der Waals surface area contributed by atoms with Gasteiger partial charge >= 0.3 is 0 Å². The summed E-state index contributed by atoms with van der Waals surface area (Å²) in [7, 11) is 0. The highest BCUT2D eigenvalue weighted by Crippen LogP contribution is 2.28. The molecule has 3 heteroatoms. The Hall–Kier alpha value is -1.09. The van der Waals surface area contributed by atoms with Crippen LogP contribution in [-0.4, -0.2) is 22.7 Å². The van der Waals surface area contributed by atoms with Crippen LogP contribution >= 0.6 is 0 Å². The summed E-state index contributed by atoms with van der Waals surface area (Å²) >= 11 is 0. The molecule has 2 unspecified atom stereocenters. The molecule has 1 aliphatic heterocycles. The van der Waals surface area contributed by atoms with Gasteiger partial charge in [-0.25, -0.2) is 4.98 Å². The molecule has 2 heterocycles. The first-order chi connectivity index (χ1) is 7.58. The zero-order valence-electron chi connectivity index (χ0n) is 10.2. The lowest BCUT2D eigenvalue weighted by molar-refractivity contribution is 0.199. The normalized spacial score (nSPS) is 27.1. The molecular weight excluding hydrogens is 200 g/mol. The van der Waals surface area contributed by atoms with E-state index >= 15 is 0 Å². The molecule has 0 amide bonds. The van der Waals surface area contributed by atoms with E-state index in [9.17, 15) is 5.11 Å². The number of anilines is 1. The molecule has 1 aromatic rings. The van der Waals surface area contributed by atoms with Crippen molar-refractivity contribution in [1.82, 2.24) is 4.98 Å². The Labute approximate surface area is 97.1 Å². The summed E-state index contributed by atoms with van der Waals surface area (Å²) in [5.41, 5.74) is 0.941. The molecule has 16 heavy (non-hydrogen) atoms. The lowest BCUT2D eigenvalue weighted by atomic mass is 10.1. The molecule has 1 aliphatic rings. The van der Waals surface area contributed by atoms with Gasteiger partial charge in [0.2, 0.25) is 0 Å². The first-order valence-electron chi connectivity index (χ1n) is 5.98. The molecule has 0 saturated carbocycles. The second-order valence-corrected chi connectivity index (χ2v) is 4.97. The third-order valence-electron chi connectivity index (χ3n) is 3.33. The Morgan fingerprint density at radius 1 is 1.50 bits per heavy atom. The fourth-order valence-electron chi connectivity index (χ4n) is 2.47. The Kier molecular flexibility index (Phi) is 3.15. The number of hydrogen-bond donors (Lipinski definition) is 1. The van der Waals surface area contributed by atoms with Crippen LogP contribution in [0, 0.1) is 5.92 Å². The van der Waals surface area contributed by atoms with E-state index in [0.717, 1.165) is 23.8 Å². The van der Waals surface area contributed by atoms with Gasteiger partial charge in [0.25, 0.3) is 0 Å². The average Bonchev–Trinajstić information content (AvgIpc) is 2.58. The van der Waals surface area contributed by atoms with Crippen LogP contribution in [0.2, 0.25) is 0 Å². The molecule has 88 valence electrons. The van der Waals surface area contributed by atoms with Gasteiger partial charge in [0.05, 0.1) is 6.10 Å². The summed E-state index contributed by atoms with van der Waals surface area (Å²) in [6.45, 7) is 7.36. The van der Waals surface area contributed by atoms with Gasteiger partial charge < -0.3 is 10.0 Å². The van der Waals surface area contributed by atoms with E-state index in [4.69, 9.17) is 0 Å². The summed E-state index contributed by atoms with van der Waals surface area (Å²) in [5.74, 6) is 1.72. The molecule has 1 aromatic heterocycles. The fraction of sp³-hybridized carbons (Fsp3) is 0.615. The summed E-state index contributed by atoms with van der Waals surface area (Å²) in [6, 6.07) is 4.42. The van der Waals surface area contributed by atoms with Crippen LogP contribution < -0.4 is 4.90 Å². The predicted octanol–water partition coefficient (Wildman–Crippen LogP) is 2.37. The lowest BCUT2D eigenvalue weighted by Gasteiger charge is -2.23. The zero-order valence-corrected chi connectivity index (χ0v) is 10.2. The summed E-state index contributed by atoms with van der Waals surface area (Å²) in [4.78, 5) is 6.73. The third kappa shape index (κ3) is 2.19. The van der Waals surface area contributed by atoms with Gasteiger partial charge in [0.15, 0.2) is 0 Å². The van der Waals surface area contributed by atoms with Gasteiger partial charge in [-0.15, -0.1) is 0 Å². The quantitative estimate of drug-likeness (QED) is 0.831. The van der Waals surface area contributed by atoms with Crippen LogP contribution in [0.25, 0.3) is 0 Å². The van der Waals surface area contributed by atoms with Crippen molar-refractivity contribution >= 4 is 5.82 Å². The highest BCUT2D eigenvalue weighted by Gasteiger charge is 2.27. The summed E-state index contributed by atoms with van der Waals surface area (Å²) in [5, 5.41) is 9.56. The third-order valence-corrected chi connectivity index (χ3v) is 3.33. The van der Waals surface area contributed by atoms with E-state index in [0.29, 0.717) is 6.04 Å². The molecule has 0 aliphatic carbocycles. The SMILES string of the molecule is CC1CC(C)N(c2cc([C@H](C)O)ccn2)C1. The van der Waals surface area contributed by atoms with Crippen LogP contribution in [0.5, 0.6) is 0 Å². The number of pyridine rings is 1. The van der Waals surface area contributed by atoms with E-state index in [1.54, 1.807) is 13.1 Å². The van der Waals surface area contributed by atoms with Crippen molar-refractivity contribution in [3.63, 3.8) is 0 Å². The average molecular weight is 220 g/mol. The van der Waals surface area contributed by atoms with Crippen LogP contribution in [0.4, 0.5) is 5.82 Å². The second kappa shape index (κ2) is 4.42. The molecule has 0 aromatic carbocycles. The summed E-state index contributed by atoms with van der Waals surface area (Å²) in [6.07, 6.45) is 2.59. The molecule has 3 atom stereocenters. The molecule has 0 radical (unpaired) electrons. The minimum absolute atomic E-state index is 0.419. The van der Waals surface area contributed by atoms with Gasteiger partial charge in [-0.2, -0.15) is 0 Å². The number of aliphatic hydroxyl groups excluding tert-OH is 1. The highest BCUT2D eigenvalue weighted by molar-refractivity contribution is 5.43. The minimum Gasteiger partial charge on any atom is -0.389 e. The monoisotopic (exact) mass is 220 g/mol. The van der Waals surface area contributed by atoms with Gasteiger partial charge in [-0.05, 0) is 43.9 Å².